The first-order valence-corrected chi connectivity index (χ1v) is 7.68. The number of ether oxygens (including phenoxy) is 2. The van der Waals surface area contributed by atoms with Gasteiger partial charge in [-0.05, 0) is 44.0 Å². The standard InChI is InChI=1S/C15H20BrNO2/c1-10-15(2,5-6-18-10)17-9-13-8-11-7-12(16)3-4-14(11)19-13/h3-4,7,10,13,17H,5-6,8-9H2,1-2H3. The lowest BCUT2D eigenvalue weighted by molar-refractivity contribution is 0.0839. The molecule has 1 N–H and O–H groups in total. The van der Waals surface area contributed by atoms with Gasteiger partial charge in [0.25, 0.3) is 0 Å². The number of benzene rings is 1. The van der Waals surface area contributed by atoms with E-state index < -0.39 is 0 Å². The molecule has 2 aliphatic heterocycles. The molecule has 2 aliphatic rings. The molecule has 0 saturated carbocycles. The van der Waals surface area contributed by atoms with Crippen molar-refractivity contribution in [3.8, 4) is 5.75 Å². The average Bonchev–Trinajstić information content (AvgIpc) is 2.91. The minimum atomic E-state index is 0.0821. The smallest absolute Gasteiger partial charge is 0.123 e. The predicted octanol–water partition coefficient (Wildman–Crippen LogP) is 2.91. The SMILES string of the molecule is CC1OCCC1(C)NCC1Cc2cc(Br)ccc2O1. The summed E-state index contributed by atoms with van der Waals surface area (Å²) in [4.78, 5) is 0. The summed E-state index contributed by atoms with van der Waals surface area (Å²) >= 11 is 3.51. The van der Waals surface area contributed by atoms with Crippen LogP contribution in [-0.4, -0.2) is 30.9 Å². The second kappa shape index (κ2) is 5.08. The molecule has 1 aromatic carbocycles. The van der Waals surface area contributed by atoms with Crippen molar-refractivity contribution in [1.82, 2.24) is 5.32 Å². The van der Waals surface area contributed by atoms with Crippen molar-refractivity contribution in [2.24, 2.45) is 0 Å². The van der Waals surface area contributed by atoms with Crippen LogP contribution in [0.25, 0.3) is 0 Å². The number of rotatable bonds is 3. The zero-order valence-corrected chi connectivity index (χ0v) is 13.0. The monoisotopic (exact) mass is 325 g/mol. The molecule has 3 rings (SSSR count). The summed E-state index contributed by atoms with van der Waals surface area (Å²) in [7, 11) is 0. The van der Waals surface area contributed by atoms with Crippen LogP contribution in [0.15, 0.2) is 22.7 Å². The van der Waals surface area contributed by atoms with Gasteiger partial charge in [-0.3, -0.25) is 0 Å². The molecule has 3 nitrogen and oxygen atoms in total. The summed E-state index contributed by atoms with van der Waals surface area (Å²) < 4.78 is 12.7. The Kier molecular flexibility index (Phi) is 3.58. The van der Waals surface area contributed by atoms with Crippen LogP contribution in [0.1, 0.15) is 25.8 Å². The number of halogens is 1. The summed E-state index contributed by atoms with van der Waals surface area (Å²) in [6, 6.07) is 6.23. The normalized spacial score (nSPS) is 33.2. The van der Waals surface area contributed by atoms with Gasteiger partial charge >= 0.3 is 0 Å². The van der Waals surface area contributed by atoms with Crippen LogP contribution in [0.5, 0.6) is 5.75 Å². The van der Waals surface area contributed by atoms with Gasteiger partial charge in [-0.15, -0.1) is 0 Å². The minimum absolute atomic E-state index is 0.0821. The molecule has 3 unspecified atom stereocenters. The van der Waals surface area contributed by atoms with Crippen LogP contribution >= 0.6 is 15.9 Å². The molecule has 4 heteroatoms. The fourth-order valence-corrected chi connectivity index (χ4v) is 3.23. The molecule has 3 atom stereocenters. The fraction of sp³-hybridized carbons (Fsp3) is 0.600. The molecule has 1 aromatic rings. The molecule has 19 heavy (non-hydrogen) atoms. The Hall–Kier alpha value is -0.580. The topological polar surface area (TPSA) is 30.5 Å². The zero-order valence-electron chi connectivity index (χ0n) is 11.4. The van der Waals surface area contributed by atoms with Crippen LogP contribution in [0.3, 0.4) is 0 Å². The Morgan fingerprint density at radius 3 is 3.05 bits per heavy atom. The Morgan fingerprint density at radius 1 is 1.47 bits per heavy atom. The molecule has 0 bridgehead atoms. The van der Waals surface area contributed by atoms with Gasteiger partial charge in [-0.25, -0.2) is 0 Å². The second-order valence-electron chi connectivity index (χ2n) is 5.76. The van der Waals surface area contributed by atoms with Gasteiger partial charge in [0.2, 0.25) is 0 Å². The van der Waals surface area contributed by atoms with E-state index >= 15 is 0 Å². The summed E-state index contributed by atoms with van der Waals surface area (Å²) in [6.07, 6.45) is 2.55. The highest BCUT2D eigenvalue weighted by atomic mass is 79.9. The van der Waals surface area contributed by atoms with E-state index in [2.05, 4.69) is 41.2 Å². The molecule has 0 aliphatic carbocycles. The van der Waals surface area contributed by atoms with Crippen molar-refractivity contribution < 1.29 is 9.47 Å². The number of nitrogens with one attached hydrogen (secondary N) is 1. The van der Waals surface area contributed by atoms with Gasteiger partial charge in [0.1, 0.15) is 11.9 Å². The molecule has 104 valence electrons. The minimum Gasteiger partial charge on any atom is -0.488 e. The molecule has 1 fully saturated rings. The van der Waals surface area contributed by atoms with Crippen LogP contribution in [0.4, 0.5) is 0 Å². The Morgan fingerprint density at radius 2 is 2.32 bits per heavy atom. The third-order valence-corrected chi connectivity index (χ3v) is 4.88. The van der Waals surface area contributed by atoms with Gasteiger partial charge in [0.15, 0.2) is 0 Å². The van der Waals surface area contributed by atoms with E-state index in [0.717, 1.165) is 36.2 Å². The molecule has 0 spiro atoms. The predicted molar refractivity (Wildman–Crippen MR) is 78.7 cm³/mol. The van der Waals surface area contributed by atoms with E-state index in [4.69, 9.17) is 9.47 Å². The Balaban J connectivity index is 1.59. The highest BCUT2D eigenvalue weighted by Crippen LogP contribution is 2.32. The summed E-state index contributed by atoms with van der Waals surface area (Å²) in [6.45, 7) is 6.10. The first kappa shape index (κ1) is 13.4. The molecule has 2 heterocycles. The first-order chi connectivity index (χ1) is 9.07. The van der Waals surface area contributed by atoms with E-state index in [1.807, 2.05) is 12.1 Å². The van der Waals surface area contributed by atoms with E-state index in [1.165, 1.54) is 5.56 Å². The third-order valence-electron chi connectivity index (χ3n) is 4.38. The Labute approximate surface area is 122 Å². The average molecular weight is 326 g/mol. The highest BCUT2D eigenvalue weighted by Gasteiger charge is 2.37. The lowest BCUT2D eigenvalue weighted by Crippen LogP contribution is -2.50. The van der Waals surface area contributed by atoms with Crippen LogP contribution in [0, 0.1) is 0 Å². The van der Waals surface area contributed by atoms with E-state index in [9.17, 15) is 0 Å². The maximum absolute atomic E-state index is 5.98. The van der Waals surface area contributed by atoms with Crippen molar-refractivity contribution in [3.63, 3.8) is 0 Å². The largest absolute Gasteiger partial charge is 0.488 e. The first-order valence-electron chi connectivity index (χ1n) is 6.88. The van der Waals surface area contributed by atoms with Gasteiger partial charge in [-0.2, -0.15) is 0 Å². The van der Waals surface area contributed by atoms with E-state index in [1.54, 1.807) is 0 Å². The third kappa shape index (κ3) is 2.67. The van der Waals surface area contributed by atoms with Gasteiger partial charge in [0.05, 0.1) is 6.10 Å². The van der Waals surface area contributed by atoms with Gasteiger partial charge in [0, 0.05) is 29.6 Å². The maximum atomic E-state index is 5.98. The molecule has 0 radical (unpaired) electrons. The lowest BCUT2D eigenvalue weighted by Gasteiger charge is -2.30. The maximum Gasteiger partial charge on any atom is 0.123 e. The van der Waals surface area contributed by atoms with Crippen molar-refractivity contribution in [2.75, 3.05) is 13.2 Å². The fourth-order valence-electron chi connectivity index (χ4n) is 2.82. The van der Waals surface area contributed by atoms with E-state index in [0.29, 0.717) is 0 Å². The number of fused-ring (bicyclic) bond motifs is 1. The molecule has 0 aromatic heterocycles. The van der Waals surface area contributed by atoms with Crippen LogP contribution in [0.2, 0.25) is 0 Å². The second-order valence-corrected chi connectivity index (χ2v) is 6.67. The quantitative estimate of drug-likeness (QED) is 0.926. The Bertz CT molecular complexity index is 479. The van der Waals surface area contributed by atoms with Gasteiger partial charge in [-0.1, -0.05) is 15.9 Å². The molecular weight excluding hydrogens is 306 g/mol. The number of hydrogen-bond donors (Lipinski definition) is 1. The van der Waals surface area contributed by atoms with Gasteiger partial charge < -0.3 is 14.8 Å². The molecular formula is C15H20BrNO2. The number of hydrogen-bond acceptors (Lipinski definition) is 3. The summed E-state index contributed by atoms with van der Waals surface area (Å²) in [5.74, 6) is 1.02. The van der Waals surface area contributed by atoms with Crippen molar-refractivity contribution in [2.45, 2.75) is 44.4 Å². The van der Waals surface area contributed by atoms with Crippen LogP contribution in [-0.2, 0) is 11.2 Å². The lowest BCUT2D eigenvalue weighted by atomic mass is 9.94. The summed E-state index contributed by atoms with van der Waals surface area (Å²) in [5, 5.41) is 3.64. The highest BCUT2D eigenvalue weighted by molar-refractivity contribution is 9.10. The van der Waals surface area contributed by atoms with Crippen LogP contribution < -0.4 is 10.1 Å². The molecule has 1 saturated heterocycles. The molecule has 0 amide bonds. The zero-order chi connectivity index (χ0) is 13.5. The van der Waals surface area contributed by atoms with Crippen molar-refractivity contribution in [3.05, 3.63) is 28.2 Å². The van der Waals surface area contributed by atoms with E-state index in [-0.39, 0.29) is 17.7 Å². The van der Waals surface area contributed by atoms with Crippen molar-refractivity contribution in [1.29, 1.82) is 0 Å². The summed E-state index contributed by atoms with van der Waals surface area (Å²) in [5.41, 5.74) is 1.38. The van der Waals surface area contributed by atoms with Crippen molar-refractivity contribution >= 4 is 15.9 Å².